The maximum atomic E-state index is 10.2. The summed E-state index contributed by atoms with van der Waals surface area (Å²) in [6, 6.07) is 0. The Labute approximate surface area is 75.6 Å². The Morgan fingerprint density at radius 1 is 1.15 bits per heavy atom. The molecule has 7 heteroatoms. The van der Waals surface area contributed by atoms with Crippen LogP contribution in [0.2, 0.25) is 0 Å². The summed E-state index contributed by atoms with van der Waals surface area (Å²) in [5.41, 5.74) is -1.94. The molecular formula is C6H13N3O4. The quantitative estimate of drug-likeness (QED) is 0.353. The molecule has 0 unspecified atom stereocenters. The van der Waals surface area contributed by atoms with Crippen molar-refractivity contribution in [2.45, 2.75) is 19.5 Å². The first-order valence-corrected chi connectivity index (χ1v) is 3.96. The molecule has 0 aliphatic carbocycles. The summed E-state index contributed by atoms with van der Waals surface area (Å²) in [6.07, 6.45) is 0. The van der Waals surface area contributed by atoms with E-state index in [1.165, 1.54) is 4.90 Å². The molecule has 0 N–H and O–H groups in total. The molecule has 0 aromatic heterocycles. The number of hydrogen-bond acceptors (Lipinski definition) is 5. The molecule has 13 heavy (non-hydrogen) atoms. The van der Waals surface area contributed by atoms with Crippen molar-refractivity contribution in [2.75, 3.05) is 20.1 Å². The number of hydrogen-bond donors (Lipinski definition) is 0. The van der Waals surface area contributed by atoms with E-state index in [4.69, 9.17) is 0 Å². The molecule has 0 aromatic carbocycles. The van der Waals surface area contributed by atoms with Gasteiger partial charge in [-0.15, -0.1) is 0 Å². The molecular weight excluding hydrogens is 178 g/mol. The average molecular weight is 191 g/mol. The molecule has 1 heterocycles. The van der Waals surface area contributed by atoms with Crippen LogP contribution < -0.4 is 0 Å². The van der Waals surface area contributed by atoms with Crippen molar-refractivity contribution in [3.05, 3.63) is 20.2 Å². The highest BCUT2D eigenvalue weighted by atomic mass is 16.7. The first kappa shape index (κ1) is 11.8. The highest BCUT2D eigenvalue weighted by Crippen LogP contribution is 2.22. The smallest absolute Gasteiger partial charge is 0.280 e. The third-order valence-electron chi connectivity index (χ3n) is 1.73. The summed E-state index contributed by atoms with van der Waals surface area (Å²) in [5.74, 6) is 0. The van der Waals surface area contributed by atoms with Gasteiger partial charge in [-0.05, 0) is 7.05 Å². The highest BCUT2D eigenvalue weighted by Gasteiger charge is 2.64. The Balaban J connectivity index is 0.000000671. The lowest BCUT2D eigenvalue weighted by molar-refractivity contribution is -0.810. The molecule has 0 spiro atoms. The van der Waals surface area contributed by atoms with Gasteiger partial charge in [0, 0.05) is 0 Å². The van der Waals surface area contributed by atoms with Gasteiger partial charge in [-0.25, -0.2) is 0 Å². The lowest BCUT2D eigenvalue weighted by Crippen LogP contribution is -2.68. The molecule has 0 bridgehead atoms. The fourth-order valence-corrected chi connectivity index (χ4v) is 1.12. The minimum absolute atomic E-state index is 0.104. The summed E-state index contributed by atoms with van der Waals surface area (Å²) in [4.78, 5) is 20.3. The van der Waals surface area contributed by atoms with Gasteiger partial charge in [-0.2, -0.15) is 0 Å². The standard InChI is InChI=1S/C4H7N3O4.C2H6/c1-5-2-4(3-5,6(8)9)7(10)11;1-2/h2-3H2,1H3;1-2H3. The van der Waals surface area contributed by atoms with Crippen LogP contribution in [0.15, 0.2) is 0 Å². The fourth-order valence-electron chi connectivity index (χ4n) is 1.12. The monoisotopic (exact) mass is 191 g/mol. The van der Waals surface area contributed by atoms with E-state index in [0.717, 1.165) is 0 Å². The minimum atomic E-state index is -1.94. The van der Waals surface area contributed by atoms with Crippen LogP contribution in [0.5, 0.6) is 0 Å². The van der Waals surface area contributed by atoms with E-state index in [9.17, 15) is 20.2 Å². The zero-order chi connectivity index (χ0) is 10.6. The molecule has 1 saturated heterocycles. The zero-order valence-electron chi connectivity index (χ0n) is 7.89. The van der Waals surface area contributed by atoms with Gasteiger partial charge in [0.15, 0.2) is 0 Å². The maximum Gasteiger partial charge on any atom is 0.482 e. The van der Waals surface area contributed by atoms with E-state index in [0.29, 0.717) is 0 Å². The van der Waals surface area contributed by atoms with E-state index in [2.05, 4.69) is 0 Å². The van der Waals surface area contributed by atoms with E-state index in [1.54, 1.807) is 7.05 Å². The van der Waals surface area contributed by atoms with Crippen LogP contribution in [0, 0.1) is 20.2 Å². The minimum Gasteiger partial charge on any atom is -0.280 e. The van der Waals surface area contributed by atoms with Gasteiger partial charge < -0.3 is 0 Å². The van der Waals surface area contributed by atoms with Crippen molar-refractivity contribution in [3.8, 4) is 0 Å². The lowest BCUT2D eigenvalue weighted by Gasteiger charge is -2.32. The molecule has 1 rings (SSSR count). The molecule has 0 saturated carbocycles. The Bertz CT molecular complexity index is 196. The van der Waals surface area contributed by atoms with Crippen molar-refractivity contribution in [3.63, 3.8) is 0 Å². The van der Waals surface area contributed by atoms with Crippen molar-refractivity contribution in [1.82, 2.24) is 4.90 Å². The summed E-state index contributed by atoms with van der Waals surface area (Å²) in [5, 5.41) is 20.5. The third kappa shape index (κ3) is 1.92. The Morgan fingerprint density at radius 2 is 1.46 bits per heavy atom. The predicted molar refractivity (Wildman–Crippen MR) is 45.6 cm³/mol. The molecule has 0 radical (unpaired) electrons. The maximum absolute atomic E-state index is 10.2. The average Bonchev–Trinajstić information content (AvgIpc) is 2.01. The first-order chi connectivity index (χ1) is 5.99. The Hall–Kier alpha value is -1.24. The highest BCUT2D eigenvalue weighted by molar-refractivity contribution is 4.84. The number of nitrogens with zero attached hydrogens (tertiary/aromatic N) is 3. The van der Waals surface area contributed by atoms with Gasteiger partial charge in [0.05, 0.1) is 0 Å². The topological polar surface area (TPSA) is 89.5 Å². The van der Waals surface area contributed by atoms with Crippen molar-refractivity contribution < 1.29 is 9.85 Å². The molecule has 0 aromatic rings. The first-order valence-electron chi connectivity index (χ1n) is 3.96. The summed E-state index contributed by atoms with van der Waals surface area (Å²) in [6.45, 7) is 3.79. The molecule has 76 valence electrons. The normalized spacial score (nSPS) is 19.3. The molecule has 7 nitrogen and oxygen atoms in total. The summed E-state index contributed by atoms with van der Waals surface area (Å²) < 4.78 is 0. The predicted octanol–water partition coefficient (Wildman–Crippen LogP) is 0.208. The van der Waals surface area contributed by atoms with E-state index in [-0.39, 0.29) is 13.1 Å². The number of nitro groups is 2. The van der Waals surface area contributed by atoms with Crippen LogP contribution in [0.1, 0.15) is 13.8 Å². The van der Waals surface area contributed by atoms with Crippen LogP contribution in [-0.2, 0) is 0 Å². The van der Waals surface area contributed by atoms with Crippen LogP contribution >= 0.6 is 0 Å². The van der Waals surface area contributed by atoms with E-state index >= 15 is 0 Å². The van der Waals surface area contributed by atoms with Gasteiger partial charge in [-0.1, -0.05) is 13.8 Å². The van der Waals surface area contributed by atoms with Gasteiger partial charge >= 0.3 is 5.66 Å². The SMILES string of the molecule is CC.CN1CC([N+](=O)[O-])([N+](=O)[O-])C1. The largest absolute Gasteiger partial charge is 0.482 e. The third-order valence-corrected chi connectivity index (χ3v) is 1.73. The number of rotatable bonds is 2. The van der Waals surface area contributed by atoms with Crippen LogP contribution in [-0.4, -0.2) is 40.5 Å². The number of likely N-dealkylation sites (tertiary alicyclic amines) is 1. The molecule has 0 atom stereocenters. The molecule has 1 aliphatic heterocycles. The second-order valence-corrected chi connectivity index (χ2v) is 2.67. The van der Waals surface area contributed by atoms with Gasteiger partial charge in [0.1, 0.15) is 22.9 Å². The lowest BCUT2D eigenvalue weighted by atomic mass is 10.0. The molecule has 1 fully saturated rings. The van der Waals surface area contributed by atoms with Crippen molar-refractivity contribution in [2.24, 2.45) is 0 Å². The second-order valence-electron chi connectivity index (χ2n) is 2.67. The second kappa shape index (κ2) is 4.13. The fraction of sp³-hybridized carbons (Fsp3) is 1.00. The van der Waals surface area contributed by atoms with Crippen LogP contribution in [0.3, 0.4) is 0 Å². The van der Waals surface area contributed by atoms with Crippen LogP contribution in [0.25, 0.3) is 0 Å². The van der Waals surface area contributed by atoms with Gasteiger partial charge in [-0.3, -0.25) is 25.1 Å². The zero-order valence-corrected chi connectivity index (χ0v) is 7.89. The Kier molecular flexibility index (Phi) is 3.73. The van der Waals surface area contributed by atoms with Gasteiger partial charge in [0.2, 0.25) is 0 Å². The van der Waals surface area contributed by atoms with E-state index < -0.39 is 15.5 Å². The summed E-state index contributed by atoms with van der Waals surface area (Å²) >= 11 is 0. The molecule has 1 aliphatic rings. The van der Waals surface area contributed by atoms with E-state index in [1.807, 2.05) is 13.8 Å². The summed E-state index contributed by atoms with van der Waals surface area (Å²) in [7, 11) is 1.60. The number of likely N-dealkylation sites (N-methyl/N-ethyl adjacent to an activating group) is 1. The van der Waals surface area contributed by atoms with Gasteiger partial charge in [0.25, 0.3) is 0 Å². The van der Waals surface area contributed by atoms with Crippen molar-refractivity contribution >= 4 is 0 Å². The molecule has 0 amide bonds. The Morgan fingerprint density at radius 3 is 1.54 bits per heavy atom. The van der Waals surface area contributed by atoms with Crippen molar-refractivity contribution in [1.29, 1.82) is 0 Å². The van der Waals surface area contributed by atoms with Crippen LogP contribution in [0.4, 0.5) is 0 Å².